The van der Waals surface area contributed by atoms with Crippen molar-refractivity contribution in [1.82, 2.24) is 39.3 Å². The Morgan fingerprint density at radius 3 is 2.47 bits per heavy atom. The van der Waals surface area contributed by atoms with Crippen LogP contribution in [0.1, 0.15) is 62.6 Å². The molecule has 0 aliphatic rings. The standard InChI is InChI=1S/C28H40N8/c1-4-14-35(15-5-2)16-7-6-8-26-32-19-24-18-23(9-10-25(24)33-26)20-36(21-27-29-11-12-30-27)22-28-31-13-17-34(28)3/h9-13,17-19H,4-8,14-16,20-22H2,1-3H3,(H,29,30). The number of nitrogens with zero attached hydrogens (tertiary/aromatic N) is 7. The van der Waals surface area contributed by atoms with Gasteiger partial charge in [-0.25, -0.2) is 19.9 Å². The Kier molecular flexibility index (Phi) is 9.58. The Labute approximate surface area is 214 Å². The highest BCUT2D eigenvalue weighted by molar-refractivity contribution is 5.78. The first-order valence-electron chi connectivity index (χ1n) is 13.3. The van der Waals surface area contributed by atoms with Gasteiger partial charge in [0.05, 0.1) is 18.6 Å². The number of aryl methyl sites for hydroxylation is 2. The molecule has 4 rings (SSSR count). The molecule has 0 unspecified atom stereocenters. The van der Waals surface area contributed by atoms with Crippen molar-refractivity contribution >= 4 is 10.9 Å². The molecule has 4 aromatic rings. The Hall–Kier alpha value is -3.10. The molecule has 1 N–H and O–H groups in total. The second-order valence-corrected chi connectivity index (χ2v) is 9.61. The van der Waals surface area contributed by atoms with Crippen molar-refractivity contribution in [3.63, 3.8) is 0 Å². The summed E-state index contributed by atoms with van der Waals surface area (Å²) in [4.78, 5) is 26.6. The molecule has 0 radical (unpaired) electrons. The number of unbranched alkanes of at least 4 members (excludes halogenated alkanes) is 1. The molecular formula is C28H40N8. The minimum Gasteiger partial charge on any atom is -0.348 e. The molecular weight excluding hydrogens is 448 g/mol. The Morgan fingerprint density at radius 2 is 1.75 bits per heavy atom. The molecule has 3 aromatic heterocycles. The quantitative estimate of drug-likeness (QED) is 0.244. The Bertz CT molecular complexity index is 1180. The number of benzene rings is 1. The largest absolute Gasteiger partial charge is 0.348 e. The van der Waals surface area contributed by atoms with Crippen LogP contribution in [0.4, 0.5) is 0 Å². The third kappa shape index (κ3) is 7.45. The van der Waals surface area contributed by atoms with E-state index in [1.165, 1.54) is 44.5 Å². The lowest BCUT2D eigenvalue weighted by atomic mass is 10.1. The normalized spacial score (nSPS) is 11.8. The number of rotatable bonds is 15. The van der Waals surface area contributed by atoms with Gasteiger partial charge in [-0.2, -0.15) is 0 Å². The molecule has 1 aromatic carbocycles. The van der Waals surface area contributed by atoms with Crippen LogP contribution in [0.25, 0.3) is 10.9 Å². The van der Waals surface area contributed by atoms with Gasteiger partial charge in [0.2, 0.25) is 0 Å². The van der Waals surface area contributed by atoms with Gasteiger partial charge in [-0.1, -0.05) is 19.9 Å². The first-order chi connectivity index (χ1) is 17.6. The molecule has 0 amide bonds. The zero-order chi connectivity index (χ0) is 25.2. The predicted molar refractivity (Wildman–Crippen MR) is 144 cm³/mol. The van der Waals surface area contributed by atoms with Crippen LogP contribution in [0, 0.1) is 0 Å². The van der Waals surface area contributed by atoms with Gasteiger partial charge in [0, 0.05) is 56.4 Å². The summed E-state index contributed by atoms with van der Waals surface area (Å²) in [6.07, 6.45) is 15.2. The molecule has 8 heteroatoms. The van der Waals surface area contributed by atoms with E-state index in [1.54, 1.807) is 6.20 Å². The van der Waals surface area contributed by atoms with Crippen molar-refractivity contribution in [2.24, 2.45) is 7.05 Å². The van der Waals surface area contributed by atoms with Crippen LogP contribution in [0.2, 0.25) is 0 Å². The van der Waals surface area contributed by atoms with E-state index in [-0.39, 0.29) is 0 Å². The fourth-order valence-corrected chi connectivity index (χ4v) is 4.70. The number of nitrogens with one attached hydrogen (secondary N) is 1. The molecule has 0 saturated heterocycles. The van der Waals surface area contributed by atoms with E-state index in [0.717, 1.165) is 60.9 Å². The Morgan fingerprint density at radius 1 is 0.889 bits per heavy atom. The number of aromatic nitrogens is 6. The maximum absolute atomic E-state index is 4.85. The summed E-state index contributed by atoms with van der Waals surface area (Å²) in [5.41, 5.74) is 2.25. The van der Waals surface area contributed by atoms with Crippen molar-refractivity contribution in [3.8, 4) is 0 Å². The molecule has 0 aliphatic heterocycles. The van der Waals surface area contributed by atoms with Crippen LogP contribution in [0.3, 0.4) is 0 Å². The van der Waals surface area contributed by atoms with Gasteiger partial charge in [-0.15, -0.1) is 0 Å². The lowest BCUT2D eigenvalue weighted by Gasteiger charge is -2.21. The summed E-state index contributed by atoms with van der Waals surface area (Å²) < 4.78 is 2.07. The van der Waals surface area contributed by atoms with Crippen molar-refractivity contribution in [3.05, 3.63) is 72.2 Å². The van der Waals surface area contributed by atoms with Crippen LogP contribution in [-0.4, -0.2) is 58.9 Å². The summed E-state index contributed by atoms with van der Waals surface area (Å²) in [5, 5.41) is 1.09. The lowest BCUT2D eigenvalue weighted by molar-refractivity contribution is 0.233. The van der Waals surface area contributed by atoms with E-state index in [2.05, 4.69) is 66.3 Å². The number of H-pyrrole nitrogens is 1. The van der Waals surface area contributed by atoms with E-state index in [4.69, 9.17) is 4.98 Å². The van der Waals surface area contributed by atoms with E-state index in [9.17, 15) is 0 Å². The fraction of sp³-hybridized carbons (Fsp3) is 0.500. The van der Waals surface area contributed by atoms with Crippen LogP contribution in [-0.2, 0) is 33.1 Å². The fourth-order valence-electron chi connectivity index (χ4n) is 4.70. The van der Waals surface area contributed by atoms with E-state index in [0.29, 0.717) is 0 Å². The number of hydrogen-bond donors (Lipinski definition) is 1. The van der Waals surface area contributed by atoms with Gasteiger partial charge < -0.3 is 14.5 Å². The Balaban J connectivity index is 1.37. The SMILES string of the molecule is CCCN(CCC)CCCCc1ncc2cc(CN(Cc3ncc[nH]3)Cc3nccn3C)ccc2n1. The number of imidazole rings is 2. The first-order valence-corrected chi connectivity index (χ1v) is 13.3. The molecule has 8 nitrogen and oxygen atoms in total. The van der Waals surface area contributed by atoms with Gasteiger partial charge in [0.1, 0.15) is 17.5 Å². The third-order valence-corrected chi connectivity index (χ3v) is 6.52. The van der Waals surface area contributed by atoms with Crippen LogP contribution in [0.15, 0.2) is 49.2 Å². The molecule has 0 fully saturated rings. The lowest BCUT2D eigenvalue weighted by Crippen LogP contribution is -2.26. The summed E-state index contributed by atoms with van der Waals surface area (Å²) in [6.45, 7) is 10.3. The summed E-state index contributed by atoms with van der Waals surface area (Å²) >= 11 is 0. The molecule has 0 bridgehead atoms. The highest BCUT2D eigenvalue weighted by Gasteiger charge is 2.13. The highest BCUT2D eigenvalue weighted by Crippen LogP contribution is 2.18. The second-order valence-electron chi connectivity index (χ2n) is 9.61. The van der Waals surface area contributed by atoms with Gasteiger partial charge in [-0.05, 0) is 63.0 Å². The van der Waals surface area contributed by atoms with Gasteiger partial charge in [0.25, 0.3) is 0 Å². The highest BCUT2D eigenvalue weighted by atomic mass is 15.2. The van der Waals surface area contributed by atoms with Crippen LogP contribution in [0.5, 0.6) is 0 Å². The van der Waals surface area contributed by atoms with Gasteiger partial charge >= 0.3 is 0 Å². The van der Waals surface area contributed by atoms with Crippen LogP contribution >= 0.6 is 0 Å². The zero-order valence-corrected chi connectivity index (χ0v) is 22.0. The van der Waals surface area contributed by atoms with Crippen molar-refractivity contribution < 1.29 is 0 Å². The molecule has 3 heterocycles. The third-order valence-electron chi connectivity index (χ3n) is 6.52. The summed E-state index contributed by atoms with van der Waals surface area (Å²) in [7, 11) is 2.03. The summed E-state index contributed by atoms with van der Waals surface area (Å²) in [5.74, 6) is 2.93. The number of aromatic amines is 1. The molecule has 0 aliphatic carbocycles. The minimum absolute atomic E-state index is 0.723. The van der Waals surface area contributed by atoms with Crippen molar-refractivity contribution in [1.29, 1.82) is 0 Å². The van der Waals surface area contributed by atoms with Crippen molar-refractivity contribution in [2.45, 2.75) is 65.6 Å². The average molecular weight is 489 g/mol. The first kappa shape index (κ1) is 26.0. The maximum atomic E-state index is 4.85. The number of hydrogen-bond acceptors (Lipinski definition) is 6. The topological polar surface area (TPSA) is 78.8 Å². The molecule has 0 spiro atoms. The maximum Gasteiger partial charge on any atom is 0.128 e. The smallest absolute Gasteiger partial charge is 0.128 e. The molecule has 36 heavy (non-hydrogen) atoms. The van der Waals surface area contributed by atoms with E-state index >= 15 is 0 Å². The van der Waals surface area contributed by atoms with E-state index in [1.807, 2.05) is 31.8 Å². The minimum atomic E-state index is 0.723. The van der Waals surface area contributed by atoms with Crippen LogP contribution < -0.4 is 0 Å². The average Bonchev–Trinajstić information content (AvgIpc) is 3.54. The van der Waals surface area contributed by atoms with E-state index < -0.39 is 0 Å². The summed E-state index contributed by atoms with van der Waals surface area (Å²) in [6, 6.07) is 6.52. The number of fused-ring (bicyclic) bond motifs is 1. The monoisotopic (exact) mass is 488 g/mol. The molecule has 0 saturated carbocycles. The molecule has 0 atom stereocenters. The van der Waals surface area contributed by atoms with Gasteiger partial charge in [0.15, 0.2) is 0 Å². The molecule has 192 valence electrons. The zero-order valence-electron chi connectivity index (χ0n) is 22.0. The van der Waals surface area contributed by atoms with Crippen molar-refractivity contribution in [2.75, 3.05) is 19.6 Å². The second kappa shape index (κ2) is 13.3. The predicted octanol–water partition coefficient (Wildman–Crippen LogP) is 4.73. The van der Waals surface area contributed by atoms with Gasteiger partial charge in [-0.3, -0.25) is 4.90 Å².